The lowest BCUT2D eigenvalue weighted by molar-refractivity contribution is -0.130. The fraction of sp³-hybridized carbons (Fsp3) is 0.400. The summed E-state index contributed by atoms with van der Waals surface area (Å²) in [6, 6.07) is 15.3. The first kappa shape index (κ1) is 29.8. The highest BCUT2D eigenvalue weighted by atomic mass is 32.2. The molecule has 0 unspecified atom stereocenters. The van der Waals surface area contributed by atoms with Crippen molar-refractivity contribution in [3.05, 3.63) is 77.0 Å². The van der Waals surface area contributed by atoms with E-state index in [-0.39, 0.29) is 23.1 Å². The van der Waals surface area contributed by atoms with Crippen LogP contribution in [0.1, 0.15) is 59.5 Å². The molecule has 3 amide bonds. The molecule has 0 saturated carbocycles. The lowest BCUT2D eigenvalue weighted by atomic mass is 9.97. The SMILES string of the molecule is CC(=O)N1CCN(C(=O)c2cccc(CSc3cnc(NC(=O)c4ccc(CNCC(C)(C)C)cc4)s3)c2)CC1. The molecule has 2 N–H and O–H groups in total. The number of thioether (sulfide) groups is 1. The summed E-state index contributed by atoms with van der Waals surface area (Å²) in [7, 11) is 0. The second-order valence-electron chi connectivity index (χ2n) is 11.1. The summed E-state index contributed by atoms with van der Waals surface area (Å²) < 4.78 is 0.979. The van der Waals surface area contributed by atoms with Gasteiger partial charge in [0.2, 0.25) is 5.91 Å². The molecule has 1 fully saturated rings. The molecule has 1 aromatic heterocycles. The van der Waals surface area contributed by atoms with Crippen LogP contribution >= 0.6 is 23.1 Å². The Morgan fingerprint density at radius 2 is 1.65 bits per heavy atom. The van der Waals surface area contributed by atoms with Gasteiger partial charge in [0, 0.05) is 63.1 Å². The number of anilines is 1. The Labute approximate surface area is 244 Å². The molecule has 0 atom stereocenters. The first-order valence-corrected chi connectivity index (χ1v) is 15.2. The highest BCUT2D eigenvalue weighted by molar-refractivity contribution is 8.00. The number of rotatable bonds is 9. The topological polar surface area (TPSA) is 94.6 Å². The molecule has 10 heteroatoms. The van der Waals surface area contributed by atoms with Crippen LogP contribution in [0.15, 0.2) is 58.9 Å². The molecule has 3 aromatic rings. The molecule has 40 heavy (non-hydrogen) atoms. The van der Waals surface area contributed by atoms with E-state index in [1.54, 1.807) is 34.7 Å². The number of nitrogens with zero attached hydrogens (tertiary/aromatic N) is 3. The molecule has 0 aliphatic carbocycles. The van der Waals surface area contributed by atoms with Crippen LogP contribution in [-0.4, -0.2) is 65.2 Å². The largest absolute Gasteiger partial charge is 0.339 e. The van der Waals surface area contributed by atoms with Gasteiger partial charge in [0.1, 0.15) is 0 Å². The molecule has 212 valence electrons. The molecule has 0 radical (unpaired) electrons. The van der Waals surface area contributed by atoms with E-state index in [0.29, 0.717) is 48.2 Å². The monoisotopic (exact) mass is 579 g/mol. The minimum absolute atomic E-state index is 0.00737. The zero-order valence-electron chi connectivity index (χ0n) is 23.5. The van der Waals surface area contributed by atoms with Gasteiger partial charge in [-0.25, -0.2) is 4.98 Å². The summed E-state index contributed by atoms with van der Waals surface area (Å²) in [6.45, 7) is 12.1. The van der Waals surface area contributed by atoms with E-state index in [1.165, 1.54) is 11.3 Å². The first-order chi connectivity index (χ1) is 19.1. The maximum atomic E-state index is 13.0. The van der Waals surface area contributed by atoms with Gasteiger partial charge in [-0.15, -0.1) is 11.8 Å². The van der Waals surface area contributed by atoms with Gasteiger partial charge in [-0.05, 0) is 40.8 Å². The Kier molecular flexibility index (Phi) is 9.99. The number of amides is 3. The number of benzene rings is 2. The molecule has 4 rings (SSSR count). The number of thiazole rings is 1. The number of carbonyl (C=O) groups excluding carboxylic acids is 3. The summed E-state index contributed by atoms with van der Waals surface area (Å²) >= 11 is 3.05. The molecular formula is C30H37N5O3S2. The molecule has 2 aromatic carbocycles. The first-order valence-electron chi connectivity index (χ1n) is 13.4. The normalized spacial score (nSPS) is 13.8. The lowest BCUT2D eigenvalue weighted by Crippen LogP contribution is -2.50. The van der Waals surface area contributed by atoms with Crippen LogP contribution in [0.4, 0.5) is 5.13 Å². The highest BCUT2D eigenvalue weighted by Gasteiger charge is 2.23. The Balaban J connectivity index is 1.26. The number of hydrogen-bond acceptors (Lipinski definition) is 7. The number of nitrogens with one attached hydrogen (secondary N) is 2. The highest BCUT2D eigenvalue weighted by Crippen LogP contribution is 2.31. The smallest absolute Gasteiger partial charge is 0.257 e. The second kappa shape index (κ2) is 13.4. The molecule has 1 saturated heterocycles. The molecule has 2 heterocycles. The third-order valence-electron chi connectivity index (χ3n) is 6.47. The van der Waals surface area contributed by atoms with Crippen molar-refractivity contribution in [3.8, 4) is 0 Å². The van der Waals surface area contributed by atoms with E-state index in [2.05, 4.69) is 36.4 Å². The molecule has 8 nitrogen and oxygen atoms in total. The summed E-state index contributed by atoms with van der Waals surface area (Å²) in [5.74, 6) is 0.535. The Hall–Kier alpha value is -3.21. The van der Waals surface area contributed by atoms with Gasteiger partial charge in [0.15, 0.2) is 5.13 Å². The van der Waals surface area contributed by atoms with Crippen molar-refractivity contribution in [3.63, 3.8) is 0 Å². The van der Waals surface area contributed by atoms with Crippen LogP contribution < -0.4 is 10.6 Å². The van der Waals surface area contributed by atoms with Gasteiger partial charge >= 0.3 is 0 Å². The zero-order chi connectivity index (χ0) is 28.7. The maximum Gasteiger partial charge on any atom is 0.257 e. The Morgan fingerprint density at radius 1 is 0.950 bits per heavy atom. The summed E-state index contributed by atoms with van der Waals surface area (Å²) in [5, 5.41) is 6.89. The Bertz CT molecular complexity index is 1330. The lowest BCUT2D eigenvalue weighted by Gasteiger charge is -2.34. The van der Waals surface area contributed by atoms with E-state index < -0.39 is 0 Å². The number of hydrogen-bond donors (Lipinski definition) is 2. The van der Waals surface area contributed by atoms with Crippen LogP contribution in [0, 0.1) is 5.41 Å². The standard InChI is InChI=1S/C30H37N5O3S2/c1-21(36)34-12-14-35(15-13-34)28(38)25-7-5-6-23(16-25)19-39-26-18-32-29(40-26)33-27(37)24-10-8-22(9-11-24)17-31-20-30(2,3)4/h5-11,16,18,31H,12-15,17,19-20H2,1-4H3,(H,32,33,37). The second-order valence-corrected chi connectivity index (χ2v) is 13.4. The quantitative estimate of drug-likeness (QED) is 0.342. The number of aromatic nitrogens is 1. The average molecular weight is 580 g/mol. The van der Waals surface area contributed by atoms with Crippen molar-refractivity contribution in [2.75, 3.05) is 38.0 Å². The van der Waals surface area contributed by atoms with E-state index in [9.17, 15) is 14.4 Å². The summed E-state index contributed by atoms with van der Waals surface area (Å²) in [6.07, 6.45) is 1.76. The van der Waals surface area contributed by atoms with Gasteiger partial charge in [-0.3, -0.25) is 19.7 Å². The van der Waals surface area contributed by atoms with E-state index in [4.69, 9.17) is 0 Å². The van der Waals surface area contributed by atoms with Gasteiger partial charge in [-0.1, -0.05) is 56.4 Å². The zero-order valence-corrected chi connectivity index (χ0v) is 25.2. The average Bonchev–Trinajstić information content (AvgIpc) is 3.38. The van der Waals surface area contributed by atoms with Crippen molar-refractivity contribution in [1.82, 2.24) is 20.1 Å². The third kappa shape index (κ3) is 8.64. The minimum Gasteiger partial charge on any atom is -0.339 e. The number of piperazine rings is 1. The van der Waals surface area contributed by atoms with Gasteiger partial charge < -0.3 is 15.1 Å². The Morgan fingerprint density at radius 3 is 2.33 bits per heavy atom. The van der Waals surface area contributed by atoms with Gasteiger partial charge in [0.05, 0.1) is 10.4 Å². The van der Waals surface area contributed by atoms with E-state index >= 15 is 0 Å². The van der Waals surface area contributed by atoms with Crippen molar-refractivity contribution < 1.29 is 14.4 Å². The van der Waals surface area contributed by atoms with Crippen molar-refractivity contribution in [1.29, 1.82) is 0 Å². The van der Waals surface area contributed by atoms with Crippen LogP contribution in [0.2, 0.25) is 0 Å². The minimum atomic E-state index is -0.185. The maximum absolute atomic E-state index is 13.0. The molecular weight excluding hydrogens is 542 g/mol. The third-order valence-corrected chi connectivity index (χ3v) is 8.65. The molecule has 1 aliphatic rings. The van der Waals surface area contributed by atoms with Crippen molar-refractivity contribution in [2.24, 2.45) is 5.41 Å². The van der Waals surface area contributed by atoms with Gasteiger partial charge in [0.25, 0.3) is 11.8 Å². The fourth-order valence-corrected chi connectivity index (χ4v) is 6.07. The molecule has 0 bridgehead atoms. The molecule has 0 spiro atoms. The van der Waals surface area contributed by atoms with Crippen LogP contribution in [-0.2, 0) is 17.1 Å². The van der Waals surface area contributed by atoms with Crippen molar-refractivity contribution in [2.45, 2.75) is 44.2 Å². The molecule has 1 aliphatic heterocycles. The predicted octanol–water partition coefficient (Wildman–Crippen LogP) is 5.13. The summed E-state index contributed by atoms with van der Waals surface area (Å²) in [4.78, 5) is 45.2. The van der Waals surface area contributed by atoms with E-state index in [1.807, 2.05) is 48.5 Å². The van der Waals surface area contributed by atoms with Crippen LogP contribution in [0.3, 0.4) is 0 Å². The predicted molar refractivity (Wildman–Crippen MR) is 162 cm³/mol. The van der Waals surface area contributed by atoms with Crippen molar-refractivity contribution >= 4 is 46.0 Å². The van der Waals surface area contributed by atoms with Gasteiger partial charge in [-0.2, -0.15) is 0 Å². The fourth-order valence-electron chi connectivity index (χ4n) is 4.26. The summed E-state index contributed by atoms with van der Waals surface area (Å²) in [5.41, 5.74) is 3.64. The van der Waals surface area contributed by atoms with Crippen LogP contribution in [0.5, 0.6) is 0 Å². The van der Waals surface area contributed by atoms with Crippen LogP contribution in [0.25, 0.3) is 0 Å². The van der Waals surface area contributed by atoms with E-state index in [0.717, 1.165) is 28.4 Å². The number of carbonyl (C=O) groups is 3.